The molecule has 3 aromatic carbocycles. The minimum absolute atomic E-state index is 0.160. The number of ketones is 1. The topological polar surface area (TPSA) is 87.8 Å². The fourth-order valence-electron chi connectivity index (χ4n) is 4.03. The zero-order valence-corrected chi connectivity index (χ0v) is 19.2. The van der Waals surface area contributed by atoms with E-state index < -0.39 is 17.6 Å². The number of amides is 1. The lowest BCUT2D eigenvalue weighted by atomic mass is 9.97. The molecule has 5 rings (SSSR count). The number of carbonyl (C=O) groups is 2. The van der Waals surface area contributed by atoms with Crippen LogP contribution in [0.4, 0.5) is 5.69 Å². The second-order valence-corrected chi connectivity index (χ2v) is 9.01. The smallest absolute Gasteiger partial charge is 0.249 e. The van der Waals surface area contributed by atoms with Gasteiger partial charge in [0.2, 0.25) is 11.7 Å². The van der Waals surface area contributed by atoms with Gasteiger partial charge in [0.25, 0.3) is 0 Å². The van der Waals surface area contributed by atoms with Crippen LogP contribution in [0.15, 0.2) is 83.8 Å². The summed E-state index contributed by atoms with van der Waals surface area (Å²) in [6.45, 7) is 2.02. The highest BCUT2D eigenvalue weighted by molar-refractivity contribution is 7.98. The number of carbonyl (C=O) groups excluding carboxylic acids is 2. The predicted molar refractivity (Wildman–Crippen MR) is 132 cm³/mol. The van der Waals surface area contributed by atoms with Gasteiger partial charge in [-0.3, -0.25) is 9.59 Å². The first-order valence-electron chi connectivity index (χ1n) is 10.8. The molecule has 0 bridgehead atoms. The van der Waals surface area contributed by atoms with Gasteiger partial charge < -0.3 is 5.32 Å². The molecule has 166 valence electrons. The number of nitriles is 1. The van der Waals surface area contributed by atoms with Crippen LogP contribution in [0.1, 0.15) is 21.6 Å². The molecule has 34 heavy (non-hydrogen) atoms. The number of fused-ring (bicyclic) bond motifs is 3. The number of Topliss-reactive ketones (excluding diaryl/α,β-unsaturated/α-hetero) is 1. The Morgan fingerprint density at radius 2 is 1.76 bits per heavy atom. The van der Waals surface area contributed by atoms with Crippen LogP contribution in [0.25, 0.3) is 16.9 Å². The van der Waals surface area contributed by atoms with Gasteiger partial charge >= 0.3 is 0 Å². The third kappa shape index (κ3) is 3.89. The molecule has 1 amide bonds. The average molecular weight is 465 g/mol. The van der Waals surface area contributed by atoms with E-state index in [4.69, 9.17) is 0 Å². The maximum Gasteiger partial charge on any atom is 0.249 e. The van der Waals surface area contributed by atoms with E-state index in [-0.39, 0.29) is 5.69 Å². The lowest BCUT2D eigenvalue weighted by molar-refractivity contribution is -0.117. The van der Waals surface area contributed by atoms with Crippen LogP contribution in [0, 0.1) is 24.2 Å². The summed E-state index contributed by atoms with van der Waals surface area (Å²) in [5.41, 5.74) is 5.14. The Labute approximate surface area is 201 Å². The highest BCUT2D eigenvalue weighted by Gasteiger charge is 2.35. The summed E-state index contributed by atoms with van der Waals surface area (Å²) in [6, 6.07) is 26.5. The zero-order valence-electron chi connectivity index (χ0n) is 18.4. The molecule has 1 aliphatic heterocycles. The van der Waals surface area contributed by atoms with Gasteiger partial charge in [0, 0.05) is 27.5 Å². The summed E-state index contributed by atoms with van der Waals surface area (Å²) < 4.78 is 1.75. The number of anilines is 1. The van der Waals surface area contributed by atoms with Crippen molar-refractivity contribution in [2.75, 3.05) is 5.32 Å². The van der Waals surface area contributed by atoms with Crippen molar-refractivity contribution in [2.24, 2.45) is 5.92 Å². The van der Waals surface area contributed by atoms with Crippen molar-refractivity contribution in [2.45, 2.75) is 17.6 Å². The van der Waals surface area contributed by atoms with Crippen molar-refractivity contribution >= 4 is 29.1 Å². The Kier molecular flexibility index (Phi) is 5.74. The molecule has 6 nitrogen and oxygen atoms in total. The summed E-state index contributed by atoms with van der Waals surface area (Å²) >= 11 is 1.62. The number of nitrogens with one attached hydrogen (secondary N) is 1. The molecule has 0 saturated heterocycles. The Morgan fingerprint density at radius 1 is 1.06 bits per heavy atom. The average Bonchev–Trinajstić information content (AvgIpc) is 3.26. The monoisotopic (exact) mass is 464 g/mol. The lowest BCUT2D eigenvalue weighted by Gasteiger charge is -2.19. The second-order valence-electron chi connectivity index (χ2n) is 7.99. The molecule has 1 N–H and O–H groups in total. The van der Waals surface area contributed by atoms with Crippen molar-refractivity contribution in [1.29, 1.82) is 5.26 Å². The van der Waals surface area contributed by atoms with E-state index in [1.807, 2.05) is 49.4 Å². The molecular weight excluding hydrogens is 444 g/mol. The molecular formula is C27H20N4O2S. The Bertz CT molecular complexity index is 1440. The van der Waals surface area contributed by atoms with Crippen molar-refractivity contribution in [3.8, 4) is 23.0 Å². The minimum atomic E-state index is -1.51. The van der Waals surface area contributed by atoms with E-state index >= 15 is 0 Å². The van der Waals surface area contributed by atoms with Gasteiger partial charge in [0.15, 0.2) is 5.92 Å². The first kappa shape index (κ1) is 21.7. The van der Waals surface area contributed by atoms with Gasteiger partial charge in [-0.25, -0.2) is 4.68 Å². The predicted octanol–water partition coefficient (Wildman–Crippen LogP) is 5.41. The van der Waals surface area contributed by atoms with Gasteiger partial charge in [-0.1, -0.05) is 48.0 Å². The van der Waals surface area contributed by atoms with E-state index in [0.717, 1.165) is 33.0 Å². The molecule has 0 radical (unpaired) electrons. The van der Waals surface area contributed by atoms with Crippen LogP contribution in [0.3, 0.4) is 0 Å². The maximum absolute atomic E-state index is 13.5. The summed E-state index contributed by atoms with van der Waals surface area (Å²) in [5.74, 6) is -2.25. The Hall–Kier alpha value is -4.15. The molecule has 1 atom stereocenters. The quantitative estimate of drug-likeness (QED) is 0.315. The van der Waals surface area contributed by atoms with Gasteiger partial charge in [-0.15, -0.1) is 11.8 Å². The number of rotatable bonds is 5. The number of hydrogen-bond donors (Lipinski definition) is 1. The maximum atomic E-state index is 13.5. The van der Waals surface area contributed by atoms with Crippen LogP contribution >= 0.6 is 11.8 Å². The molecule has 1 aromatic heterocycles. The van der Waals surface area contributed by atoms with E-state index in [1.54, 1.807) is 40.7 Å². The molecule has 0 aliphatic carbocycles. The third-order valence-corrected chi connectivity index (χ3v) is 6.77. The highest BCUT2D eigenvalue weighted by Crippen LogP contribution is 2.44. The van der Waals surface area contributed by atoms with Crippen molar-refractivity contribution in [3.05, 3.63) is 95.7 Å². The second kappa shape index (κ2) is 9.00. The molecule has 4 aromatic rings. The van der Waals surface area contributed by atoms with Crippen molar-refractivity contribution in [3.63, 3.8) is 0 Å². The normalized spacial score (nSPS) is 12.7. The molecule has 1 aliphatic rings. The standard InChI is InChI=1S/C27H20N4O2S/c1-17-12-13-23-20(14-17)25-22(16-34-23)24(30-31(25)19-10-6-3-7-11-19)26(32)21(15-28)27(33)29-18-8-4-2-5-9-18/h2-14,21H,16H2,1H3,(H,29,33). The molecule has 0 spiro atoms. The van der Waals surface area contributed by atoms with Crippen LogP contribution in [-0.4, -0.2) is 21.5 Å². The van der Waals surface area contributed by atoms with Gasteiger partial charge in [-0.2, -0.15) is 10.4 Å². The van der Waals surface area contributed by atoms with Crippen LogP contribution in [0.5, 0.6) is 0 Å². The summed E-state index contributed by atoms with van der Waals surface area (Å²) in [7, 11) is 0. The molecule has 1 unspecified atom stereocenters. The number of hydrogen-bond acceptors (Lipinski definition) is 5. The Balaban J connectivity index is 1.61. The van der Waals surface area contributed by atoms with Crippen LogP contribution in [0.2, 0.25) is 0 Å². The minimum Gasteiger partial charge on any atom is -0.325 e. The molecule has 0 fully saturated rings. The van der Waals surface area contributed by atoms with E-state index in [1.165, 1.54) is 0 Å². The molecule has 7 heteroatoms. The molecule has 0 saturated carbocycles. The van der Waals surface area contributed by atoms with E-state index in [9.17, 15) is 14.9 Å². The molecule has 2 heterocycles. The number of aromatic nitrogens is 2. The third-order valence-electron chi connectivity index (χ3n) is 5.67. The number of aryl methyl sites for hydroxylation is 1. The number of para-hydroxylation sites is 2. The van der Waals surface area contributed by atoms with Gasteiger partial charge in [0.1, 0.15) is 5.69 Å². The van der Waals surface area contributed by atoms with Gasteiger partial charge in [-0.05, 0) is 43.3 Å². The van der Waals surface area contributed by atoms with Crippen LogP contribution in [-0.2, 0) is 10.5 Å². The lowest BCUT2D eigenvalue weighted by Crippen LogP contribution is -2.29. The fraction of sp³-hybridized carbons (Fsp3) is 0.111. The summed E-state index contributed by atoms with van der Waals surface area (Å²) in [5, 5.41) is 17.1. The summed E-state index contributed by atoms with van der Waals surface area (Å²) in [6.07, 6.45) is 0. The highest BCUT2D eigenvalue weighted by atomic mass is 32.2. The van der Waals surface area contributed by atoms with E-state index in [0.29, 0.717) is 11.4 Å². The first-order valence-corrected chi connectivity index (χ1v) is 11.8. The van der Waals surface area contributed by atoms with E-state index in [2.05, 4.69) is 28.6 Å². The number of thioether (sulfide) groups is 1. The zero-order chi connectivity index (χ0) is 23.7. The summed E-state index contributed by atoms with van der Waals surface area (Å²) in [4.78, 5) is 27.5. The fourth-order valence-corrected chi connectivity index (χ4v) is 5.08. The number of benzene rings is 3. The van der Waals surface area contributed by atoms with Crippen molar-refractivity contribution in [1.82, 2.24) is 9.78 Å². The first-order chi connectivity index (χ1) is 16.6. The van der Waals surface area contributed by atoms with Crippen LogP contribution < -0.4 is 5.32 Å². The Morgan fingerprint density at radius 3 is 2.47 bits per heavy atom. The van der Waals surface area contributed by atoms with Crippen molar-refractivity contribution < 1.29 is 9.59 Å². The number of nitrogens with zero attached hydrogens (tertiary/aromatic N) is 3. The largest absolute Gasteiger partial charge is 0.325 e. The SMILES string of the molecule is Cc1ccc2c(c1)-c1c(c(C(=O)C(C#N)C(=O)Nc3ccccc3)nn1-c1ccccc1)CS2. The van der Waals surface area contributed by atoms with Gasteiger partial charge in [0.05, 0.1) is 17.5 Å².